The van der Waals surface area contributed by atoms with Crippen molar-refractivity contribution in [3.05, 3.63) is 23.8 Å². The van der Waals surface area contributed by atoms with Crippen molar-refractivity contribution in [2.24, 2.45) is 5.92 Å². The highest BCUT2D eigenvalue weighted by Gasteiger charge is 2.30. The molecular weight excluding hydrogens is 232 g/mol. The van der Waals surface area contributed by atoms with Gasteiger partial charge < -0.3 is 14.7 Å². The molecule has 94 valence electrons. The van der Waals surface area contributed by atoms with Gasteiger partial charge in [-0.2, -0.15) is 5.26 Å². The summed E-state index contributed by atoms with van der Waals surface area (Å²) in [7, 11) is 1.50. The maximum absolute atomic E-state index is 11.8. The minimum Gasteiger partial charge on any atom is -0.495 e. The number of anilines is 1. The zero-order chi connectivity index (χ0) is 13.1. The summed E-state index contributed by atoms with van der Waals surface area (Å²) in [6, 6.07) is 7.09. The highest BCUT2D eigenvalue weighted by atomic mass is 16.5. The Balaban J connectivity index is 2.30. The van der Waals surface area contributed by atoms with E-state index in [1.807, 2.05) is 6.07 Å². The highest BCUT2D eigenvalue weighted by Crippen LogP contribution is 2.29. The molecule has 1 atom stereocenters. The van der Waals surface area contributed by atoms with Crippen molar-refractivity contribution in [1.82, 2.24) is 0 Å². The smallest absolute Gasteiger partial charge is 0.227 e. The summed E-state index contributed by atoms with van der Waals surface area (Å²) in [4.78, 5) is 13.4. The normalized spacial score (nSPS) is 18.8. The van der Waals surface area contributed by atoms with Crippen molar-refractivity contribution in [2.45, 2.75) is 6.42 Å². The second-order valence-electron chi connectivity index (χ2n) is 4.25. The quantitative estimate of drug-likeness (QED) is 0.860. The number of carbonyl (C=O) groups is 1. The van der Waals surface area contributed by atoms with Crippen LogP contribution < -0.4 is 9.64 Å². The predicted molar refractivity (Wildman–Crippen MR) is 65.3 cm³/mol. The van der Waals surface area contributed by atoms with E-state index in [9.17, 15) is 4.79 Å². The van der Waals surface area contributed by atoms with Crippen LogP contribution in [0.15, 0.2) is 18.2 Å². The van der Waals surface area contributed by atoms with E-state index < -0.39 is 0 Å². The van der Waals surface area contributed by atoms with Crippen molar-refractivity contribution >= 4 is 11.6 Å². The Hall–Kier alpha value is -2.06. The van der Waals surface area contributed by atoms with Gasteiger partial charge in [-0.3, -0.25) is 4.79 Å². The average molecular weight is 246 g/mol. The molecule has 0 aliphatic carbocycles. The van der Waals surface area contributed by atoms with Crippen LogP contribution in [0.3, 0.4) is 0 Å². The maximum Gasteiger partial charge on any atom is 0.227 e. The molecule has 0 spiro atoms. The SMILES string of the molecule is COc1ccc(N2CC(CO)CC2=O)cc1C#N. The van der Waals surface area contributed by atoms with E-state index in [0.29, 0.717) is 30.0 Å². The number of rotatable bonds is 3. The molecule has 1 saturated heterocycles. The van der Waals surface area contributed by atoms with E-state index in [1.54, 1.807) is 23.1 Å². The van der Waals surface area contributed by atoms with Gasteiger partial charge in [0.05, 0.1) is 12.7 Å². The lowest BCUT2D eigenvalue weighted by Gasteiger charge is -2.17. The first-order valence-corrected chi connectivity index (χ1v) is 5.69. The Morgan fingerprint density at radius 2 is 2.39 bits per heavy atom. The summed E-state index contributed by atoms with van der Waals surface area (Å²) < 4.78 is 5.06. The molecule has 1 amide bonds. The number of amides is 1. The zero-order valence-electron chi connectivity index (χ0n) is 10.1. The van der Waals surface area contributed by atoms with E-state index >= 15 is 0 Å². The van der Waals surface area contributed by atoms with Crippen LogP contribution in [0.5, 0.6) is 5.75 Å². The molecule has 1 unspecified atom stereocenters. The molecule has 1 aliphatic rings. The van der Waals surface area contributed by atoms with Gasteiger partial charge in [-0.05, 0) is 18.2 Å². The molecule has 0 aromatic heterocycles. The third kappa shape index (κ3) is 2.15. The summed E-state index contributed by atoms with van der Waals surface area (Å²) in [5.41, 5.74) is 1.07. The van der Waals surface area contributed by atoms with E-state index in [-0.39, 0.29) is 18.4 Å². The molecule has 5 heteroatoms. The lowest BCUT2D eigenvalue weighted by atomic mass is 10.1. The van der Waals surface area contributed by atoms with Crippen LogP contribution in [0.4, 0.5) is 5.69 Å². The van der Waals surface area contributed by atoms with Crippen LogP contribution in [0, 0.1) is 17.2 Å². The van der Waals surface area contributed by atoms with Crippen molar-refractivity contribution in [1.29, 1.82) is 5.26 Å². The van der Waals surface area contributed by atoms with Crippen molar-refractivity contribution in [2.75, 3.05) is 25.2 Å². The Morgan fingerprint density at radius 3 is 2.94 bits per heavy atom. The molecule has 2 rings (SSSR count). The molecule has 1 fully saturated rings. The Kier molecular flexibility index (Phi) is 3.49. The first-order valence-electron chi connectivity index (χ1n) is 5.69. The fraction of sp³-hybridized carbons (Fsp3) is 0.385. The Bertz CT molecular complexity index is 507. The van der Waals surface area contributed by atoms with Gasteiger partial charge in [-0.15, -0.1) is 0 Å². The number of nitriles is 1. The number of methoxy groups -OCH3 is 1. The van der Waals surface area contributed by atoms with Gasteiger partial charge in [-0.25, -0.2) is 0 Å². The summed E-state index contributed by atoms with van der Waals surface area (Å²) in [5.74, 6) is 0.444. The summed E-state index contributed by atoms with van der Waals surface area (Å²) in [6.07, 6.45) is 0.352. The molecule has 0 radical (unpaired) electrons. The lowest BCUT2D eigenvalue weighted by Crippen LogP contribution is -2.24. The van der Waals surface area contributed by atoms with E-state index in [4.69, 9.17) is 15.1 Å². The van der Waals surface area contributed by atoms with Gasteiger partial charge in [0.25, 0.3) is 0 Å². The van der Waals surface area contributed by atoms with Crippen LogP contribution in [-0.2, 0) is 4.79 Å². The zero-order valence-corrected chi connectivity index (χ0v) is 10.1. The average Bonchev–Trinajstić information content (AvgIpc) is 2.79. The Labute approximate surface area is 105 Å². The number of benzene rings is 1. The van der Waals surface area contributed by atoms with Crippen molar-refractivity contribution < 1.29 is 14.6 Å². The third-order valence-corrected chi connectivity index (χ3v) is 3.08. The van der Waals surface area contributed by atoms with Crippen LogP contribution in [-0.4, -0.2) is 31.3 Å². The van der Waals surface area contributed by atoms with Crippen LogP contribution in [0.25, 0.3) is 0 Å². The monoisotopic (exact) mass is 246 g/mol. The first-order chi connectivity index (χ1) is 8.69. The number of ether oxygens (including phenoxy) is 1. The fourth-order valence-corrected chi connectivity index (χ4v) is 2.10. The van der Waals surface area contributed by atoms with Gasteiger partial charge in [0, 0.05) is 31.2 Å². The number of aliphatic hydroxyl groups excluding tert-OH is 1. The molecule has 1 aromatic rings. The first kappa shape index (κ1) is 12.4. The molecule has 5 nitrogen and oxygen atoms in total. The van der Waals surface area contributed by atoms with E-state index in [2.05, 4.69) is 0 Å². The molecule has 1 N–H and O–H groups in total. The van der Waals surface area contributed by atoms with Crippen LogP contribution in [0.1, 0.15) is 12.0 Å². The van der Waals surface area contributed by atoms with E-state index in [0.717, 1.165) is 0 Å². The topological polar surface area (TPSA) is 73.6 Å². The molecule has 18 heavy (non-hydrogen) atoms. The van der Waals surface area contributed by atoms with Gasteiger partial charge in [-0.1, -0.05) is 0 Å². The van der Waals surface area contributed by atoms with Gasteiger partial charge in [0.2, 0.25) is 5.91 Å². The maximum atomic E-state index is 11.8. The second-order valence-corrected chi connectivity index (χ2v) is 4.25. The van der Waals surface area contributed by atoms with Gasteiger partial charge >= 0.3 is 0 Å². The van der Waals surface area contributed by atoms with Crippen molar-refractivity contribution in [3.8, 4) is 11.8 Å². The fourth-order valence-electron chi connectivity index (χ4n) is 2.10. The van der Waals surface area contributed by atoms with Gasteiger partial charge in [0.15, 0.2) is 0 Å². The number of nitrogens with zero attached hydrogens (tertiary/aromatic N) is 2. The molecule has 0 bridgehead atoms. The molecule has 1 heterocycles. The summed E-state index contributed by atoms with van der Waals surface area (Å²) in [5, 5.41) is 18.1. The standard InChI is InChI=1S/C13H14N2O3/c1-18-12-3-2-11(5-10(12)6-14)15-7-9(8-16)4-13(15)17/h2-3,5,9,16H,4,7-8H2,1H3. The molecule has 0 saturated carbocycles. The number of carbonyl (C=O) groups excluding carboxylic acids is 1. The summed E-state index contributed by atoms with van der Waals surface area (Å²) >= 11 is 0. The molecular formula is C13H14N2O3. The summed E-state index contributed by atoms with van der Waals surface area (Å²) in [6.45, 7) is 0.496. The van der Waals surface area contributed by atoms with Crippen LogP contribution >= 0.6 is 0 Å². The number of aliphatic hydroxyl groups is 1. The Morgan fingerprint density at radius 1 is 1.61 bits per heavy atom. The lowest BCUT2D eigenvalue weighted by molar-refractivity contribution is -0.117. The predicted octanol–water partition coefficient (Wildman–Crippen LogP) is 0.912. The van der Waals surface area contributed by atoms with Crippen LogP contribution in [0.2, 0.25) is 0 Å². The second kappa shape index (κ2) is 5.07. The van der Waals surface area contributed by atoms with Crippen molar-refractivity contribution in [3.63, 3.8) is 0 Å². The van der Waals surface area contributed by atoms with E-state index in [1.165, 1.54) is 7.11 Å². The molecule has 1 aliphatic heterocycles. The highest BCUT2D eigenvalue weighted by molar-refractivity contribution is 5.96. The minimum absolute atomic E-state index is 0.00347. The van der Waals surface area contributed by atoms with Gasteiger partial charge in [0.1, 0.15) is 11.8 Å². The largest absolute Gasteiger partial charge is 0.495 e. The number of hydrogen-bond donors (Lipinski definition) is 1. The number of hydrogen-bond acceptors (Lipinski definition) is 4. The molecule has 1 aromatic carbocycles. The third-order valence-electron chi connectivity index (χ3n) is 3.08. The minimum atomic E-state index is -0.0249.